The van der Waals surface area contributed by atoms with Gasteiger partial charge < -0.3 is 10.0 Å². The summed E-state index contributed by atoms with van der Waals surface area (Å²) in [7, 11) is 0. The smallest absolute Gasteiger partial charge is 0.225 e. The second kappa shape index (κ2) is 6.75. The summed E-state index contributed by atoms with van der Waals surface area (Å²) in [6, 6.07) is 4.04. The molecule has 1 amide bonds. The van der Waals surface area contributed by atoms with E-state index in [0.717, 1.165) is 58.4 Å². The third kappa shape index (κ3) is 3.84. The lowest BCUT2D eigenvalue weighted by Gasteiger charge is -2.36. The number of piperazine rings is 1. The zero-order chi connectivity index (χ0) is 15.4. The fourth-order valence-corrected chi connectivity index (χ4v) is 3.51. The van der Waals surface area contributed by atoms with Crippen molar-refractivity contribution in [2.75, 3.05) is 26.2 Å². The van der Waals surface area contributed by atoms with Crippen molar-refractivity contribution in [3.05, 3.63) is 30.1 Å². The van der Waals surface area contributed by atoms with Gasteiger partial charge in [0.15, 0.2) is 0 Å². The van der Waals surface area contributed by atoms with E-state index in [1.807, 2.05) is 17.2 Å². The highest BCUT2D eigenvalue weighted by Gasteiger charge is 2.35. The first-order valence-corrected chi connectivity index (χ1v) is 8.26. The Hall–Kier alpha value is -1.46. The van der Waals surface area contributed by atoms with Gasteiger partial charge in [-0.2, -0.15) is 0 Å². The minimum absolute atomic E-state index is 0.116. The van der Waals surface area contributed by atoms with E-state index in [1.165, 1.54) is 5.56 Å². The molecule has 3 rings (SSSR count). The van der Waals surface area contributed by atoms with Crippen molar-refractivity contribution < 1.29 is 9.90 Å². The zero-order valence-corrected chi connectivity index (χ0v) is 13.1. The molecule has 1 aromatic heterocycles. The molecule has 0 unspecified atom stereocenters. The Bertz CT molecular complexity index is 492. The van der Waals surface area contributed by atoms with Gasteiger partial charge in [0, 0.05) is 45.1 Å². The highest BCUT2D eigenvalue weighted by molar-refractivity contribution is 5.77. The van der Waals surface area contributed by atoms with Gasteiger partial charge in [-0.1, -0.05) is 18.9 Å². The summed E-state index contributed by atoms with van der Waals surface area (Å²) in [6.07, 6.45) is 7.63. The van der Waals surface area contributed by atoms with E-state index in [0.29, 0.717) is 6.42 Å². The van der Waals surface area contributed by atoms with Gasteiger partial charge in [-0.3, -0.25) is 14.7 Å². The number of pyridine rings is 1. The number of carbonyl (C=O) groups excluding carboxylic acids is 1. The number of hydrogen-bond acceptors (Lipinski definition) is 4. The predicted molar refractivity (Wildman–Crippen MR) is 84.1 cm³/mol. The summed E-state index contributed by atoms with van der Waals surface area (Å²) in [4.78, 5) is 20.8. The van der Waals surface area contributed by atoms with Crippen LogP contribution in [0.25, 0.3) is 0 Å². The van der Waals surface area contributed by atoms with E-state index in [2.05, 4.69) is 16.0 Å². The van der Waals surface area contributed by atoms with E-state index in [4.69, 9.17) is 0 Å². The topological polar surface area (TPSA) is 56.7 Å². The van der Waals surface area contributed by atoms with E-state index in [1.54, 1.807) is 6.20 Å². The molecule has 22 heavy (non-hydrogen) atoms. The molecule has 1 aliphatic heterocycles. The van der Waals surface area contributed by atoms with Crippen LogP contribution < -0.4 is 0 Å². The molecule has 2 heterocycles. The molecule has 0 radical (unpaired) electrons. The molecular formula is C17H25N3O2. The van der Waals surface area contributed by atoms with Gasteiger partial charge >= 0.3 is 0 Å². The summed E-state index contributed by atoms with van der Waals surface area (Å²) in [5, 5.41) is 10.4. The summed E-state index contributed by atoms with van der Waals surface area (Å²) < 4.78 is 0. The van der Waals surface area contributed by atoms with Crippen molar-refractivity contribution in [1.82, 2.24) is 14.8 Å². The normalized spacial score (nSPS) is 22.0. The van der Waals surface area contributed by atoms with Crippen LogP contribution in [0.2, 0.25) is 0 Å². The van der Waals surface area contributed by atoms with E-state index >= 15 is 0 Å². The molecule has 0 bridgehead atoms. The highest BCUT2D eigenvalue weighted by atomic mass is 16.3. The van der Waals surface area contributed by atoms with Crippen LogP contribution in [-0.2, 0) is 11.3 Å². The summed E-state index contributed by atoms with van der Waals surface area (Å²) in [5.74, 6) is 0.116. The van der Waals surface area contributed by atoms with Crippen LogP contribution in [0.4, 0.5) is 0 Å². The summed E-state index contributed by atoms with van der Waals surface area (Å²) in [5.41, 5.74) is 0.478. The lowest BCUT2D eigenvalue weighted by atomic mass is 9.97. The third-order valence-electron chi connectivity index (χ3n) is 4.87. The van der Waals surface area contributed by atoms with E-state index in [9.17, 15) is 9.90 Å². The largest absolute Gasteiger partial charge is 0.389 e. The molecule has 1 N–H and O–H groups in total. The van der Waals surface area contributed by atoms with Crippen LogP contribution in [0.3, 0.4) is 0 Å². The van der Waals surface area contributed by atoms with E-state index < -0.39 is 5.60 Å². The Labute approximate surface area is 131 Å². The number of rotatable bonds is 4. The second-order valence-corrected chi connectivity index (χ2v) is 6.63. The zero-order valence-electron chi connectivity index (χ0n) is 13.1. The summed E-state index contributed by atoms with van der Waals surface area (Å²) >= 11 is 0. The maximum absolute atomic E-state index is 12.4. The molecule has 5 heteroatoms. The molecule has 2 aliphatic rings. The summed E-state index contributed by atoms with van der Waals surface area (Å²) in [6.45, 7) is 4.18. The molecule has 120 valence electrons. The van der Waals surface area contributed by atoms with Gasteiger partial charge in [0.1, 0.15) is 0 Å². The first-order chi connectivity index (χ1) is 10.6. The van der Waals surface area contributed by atoms with Crippen LogP contribution in [0.1, 0.15) is 37.7 Å². The lowest BCUT2D eigenvalue weighted by Crippen LogP contribution is -2.49. The maximum Gasteiger partial charge on any atom is 0.225 e. The second-order valence-electron chi connectivity index (χ2n) is 6.63. The molecule has 0 aromatic carbocycles. The van der Waals surface area contributed by atoms with Gasteiger partial charge in [-0.15, -0.1) is 0 Å². The van der Waals surface area contributed by atoms with Gasteiger partial charge in [0.25, 0.3) is 0 Å². The van der Waals surface area contributed by atoms with Crippen molar-refractivity contribution in [3.63, 3.8) is 0 Å². The molecule has 1 saturated carbocycles. The fraction of sp³-hybridized carbons (Fsp3) is 0.647. The van der Waals surface area contributed by atoms with Crippen molar-refractivity contribution in [2.45, 2.75) is 44.2 Å². The molecule has 0 spiro atoms. The molecular weight excluding hydrogens is 278 g/mol. The highest BCUT2D eigenvalue weighted by Crippen LogP contribution is 2.32. The van der Waals surface area contributed by atoms with Crippen molar-refractivity contribution in [3.8, 4) is 0 Å². The van der Waals surface area contributed by atoms with Gasteiger partial charge in [-0.05, 0) is 24.5 Å². The standard InChI is InChI=1S/C17H25N3O2/c21-16(12-17(22)5-1-2-6-17)20-10-8-19(9-11-20)14-15-4-3-7-18-13-15/h3-4,7,13,22H,1-2,5-6,8-12,14H2. The first-order valence-electron chi connectivity index (χ1n) is 8.26. The molecule has 1 aromatic rings. The predicted octanol–water partition coefficient (Wildman–Crippen LogP) is 1.42. The molecule has 2 fully saturated rings. The van der Waals surface area contributed by atoms with Crippen LogP contribution >= 0.6 is 0 Å². The number of aliphatic hydroxyl groups is 1. The molecule has 0 atom stereocenters. The maximum atomic E-state index is 12.4. The van der Waals surface area contributed by atoms with Gasteiger partial charge in [-0.25, -0.2) is 0 Å². The van der Waals surface area contributed by atoms with Gasteiger partial charge in [0.2, 0.25) is 5.91 Å². The number of hydrogen-bond donors (Lipinski definition) is 1. The van der Waals surface area contributed by atoms with Crippen molar-refractivity contribution >= 4 is 5.91 Å². The monoisotopic (exact) mass is 303 g/mol. The SMILES string of the molecule is O=C(CC1(O)CCCC1)N1CCN(Cc2cccnc2)CC1. The minimum Gasteiger partial charge on any atom is -0.389 e. The fourth-order valence-electron chi connectivity index (χ4n) is 3.51. The Morgan fingerprint density at radius 1 is 1.23 bits per heavy atom. The van der Waals surface area contributed by atoms with Crippen LogP contribution in [0.15, 0.2) is 24.5 Å². The quantitative estimate of drug-likeness (QED) is 0.914. The molecule has 1 saturated heterocycles. The first kappa shape index (κ1) is 15.4. The average molecular weight is 303 g/mol. The van der Waals surface area contributed by atoms with Gasteiger partial charge in [0.05, 0.1) is 12.0 Å². The van der Waals surface area contributed by atoms with Crippen LogP contribution in [0, 0.1) is 0 Å². The lowest BCUT2D eigenvalue weighted by molar-refractivity contribution is -0.138. The van der Waals surface area contributed by atoms with Crippen LogP contribution in [-0.4, -0.2) is 57.6 Å². The number of amides is 1. The number of aromatic nitrogens is 1. The Kier molecular flexibility index (Phi) is 4.74. The number of carbonyl (C=O) groups is 1. The third-order valence-corrected chi connectivity index (χ3v) is 4.87. The minimum atomic E-state index is -0.732. The number of nitrogens with zero attached hydrogens (tertiary/aromatic N) is 3. The molecule has 5 nitrogen and oxygen atoms in total. The van der Waals surface area contributed by atoms with E-state index in [-0.39, 0.29) is 5.91 Å². The van der Waals surface area contributed by atoms with Crippen molar-refractivity contribution in [1.29, 1.82) is 0 Å². The van der Waals surface area contributed by atoms with Crippen LogP contribution in [0.5, 0.6) is 0 Å². The van der Waals surface area contributed by atoms with Crippen molar-refractivity contribution in [2.24, 2.45) is 0 Å². The molecule has 1 aliphatic carbocycles. The average Bonchev–Trinajstić information content (AvgIpc) is 2.95. The Morgan fingerprint density at radius 2 is 1.95 bits per heavy atom. The Balaban J connectivity index is 1.46. The Morgan fingerprint density at radius 3 is 2.59 bits per heavy atom.